The Hall–Kier alpha value is -2.88. The lowest BCUT2D eigenvalue weighted by Crippen LogP contribution is -2.07. The van der Waals surface area contributed by atoms with E-state index < -0.39 is 12.3 Å². The van der Waals surface area contributed by atoms with Crippen LogP contribution in [0.15, 0.2) is 10.2 Å². The van der Waals surface area contributed by atoms with Gasteiger partial charge in [0, 0.05) is 11.8 Å². The molecule has 0 rings (SSSR count). The number of carboxylic acid groups (broad SMARTS) is 4. The smallest absolute Gasteiger partial charge is 0.450 e. The Balaban J connectivity index is -0.000000457. The van der Waals surface area contributed by atoms with Crippen molar-refractivity contribution in [1.29, 1.82) is 10.5 Å². The molecule has 136 valence electrons. The highest BCUT2D eigenvalue weighted by molar-refractivity contribution is 5.53. The first-order valence-corrected chi connectivity index (χ1v) is 6.99. The predicted molar refractivity (Wildman–Crippen MR) is 83.9 cm³/mol. The van der Waals surface area contributed by atoms with Gasteiger partial charge in [0.1, 0.15) is 0 Å². The molecular weight excluding hydrogens is 320 g/mol. The van der Waals surface area contributed by atoms with Gasteiger partial charge in [0.05, 0.1) is 24.2 Å². The van der Waals surface area contributed by atoms with Crippen molar-refractivity contribution in [3.05, 3.63) is 0 Å². The molecule has 0 bridgehead atoms. The molecule has 4 N–H and O–H groups in total. The summed E-state index contributed by atoms with van der Waals surface area (Å²) in [6.45, 7) is 7.68. The van der Waals surface area contributed by atoms with E-state index in [1.165, 1.54) is 0 Å². The topological polar surface area (TPSA) is 187 Å². The third kappa shape index (κ3) is 31.5. The monoisotopic (exact) mass is 344 g/mol. The zero-order valence-corrected chi connectivity index (χ0v) is 14.1. The predicted octanol–water partition coefficient (Wildman–Crippen LogP) is 3.76. The van der Waals surface area contributed by atoms with Crippen molar-refractivity contribution in [2.45, 2.75) is 52.6 Å². The summed E-state index contributed by atoms with van der Waals surface area (Å²) in [5.41, 5.74) is 0. The Kier molecular flexibility index (Phi) is 17.9. The first-order chi connectivity index (χ1) is 11.0. The van der Waals surface area contributed by atoms with Crippen LogP contribution in [0.25, 0.3) is 0 Å². The van der Waals surface area contributed by atoms with E-state index in [4.69, 9.17) is 40.5 Å². The van der Waals surface area contributed by atoms with Gasteiger partial charge in [-0.1, -0.05) is 0 Å². The summed E-state index contributed by atoms with van der Waals surface area (Å²) in [5.74, 6) is 0.0320. The van der Waals surface area contributed by atoms with Crippen LogP contribution >= 0.6 is 0 Å². The van der Waals surface area contributed by atoms with Gasteiger partial charge < -0.3 is 20.4 Å². The first-order valence-electron chi connectivity index (χ1n) is 6.99. The van der Waals surface area contributed by atoms with E-state index in [1.807, 2.05) is 27.7 Å². The van der Waals surface area contributed by atoms with Gasteiger partial charge in [-0.3, -0.25) is 0 Å². The molecule has 0 radical (unpaired) electrons. The maximum atomic E-state index is 8.65. The van der Waals surface area contributed by atoms with Gasteiger partial charge in [0.25, 0.3) is 0 Å². The average molecular weight is 344 g/mol. The zero-order chi connectivity index (χ0) is 19.7. The molecule has 4 unspecified atom stereocenters. The fourth-order valence-corrected chi connectivity index (χ4v) is 1.45. The van der Waals surface area contributed by atoms with Crippen LogP contribution in [0.3, 0.4) is 0 Å². The van der Waals surface area contributed by atoms with Crippen molar-refractivity contribution in [3.8, 4) is 12.1 Å². The van der Waals surface area contributed by atoms with Gasteiger partial charge in [-0.2, -0.15) is 20.8 Å². The highest BCUT2D eigenvalue weighted by Gasteiger charge is 2.09. The molecule has 10 heteroatoms. The molecule has 0 aromatic heterocycles. The highest BCUT2D eigenvalue weighted by Crippen LogP contribution is 2.11. The van der Waals surface area contributed by atoms with Gasteiger partial charge in [-0.25, -0.2) is 9.59 Å². The fraction of sp³-hybridized carbons (Fsp3) is 0.714. The molecule has 0 aromatic carbocycles. The quantitative estimate of drug-likeness (QED) is 0.524. The van der Waals surface area contributed by atoms with E-state index in [0.717, 1.165) is 12.8 Å². The van der Waals surface area contributed by atoms with Gasteiger partial charge in [0.2, 0.25) is 0 Å². The van der Waals surface area contributed by atoms with Crippen LogP contribution in [-0.2, 0) is 0 Å². The molecule has 4 atom stereocenters. The first kappa shape index (κ1) is 26.0. The molecule has 0 aliphatic heterocycles. The third-order valence-electron chi connectivity index (χ3n) is 2.29. The molecular formula is C14H24N4O6. The molecule has 24 heavy (non-hydrogen) atoms. The number of azo groups is 1. The Labute approximate surface area is 140 Å². The molecule has 0 amide bonds. The van der Waals surface area contributed by atoms with Crippen molar-refractivity contribution in [3.63, 3.8) is 0 Å². The van der Waals surface area contributed by atoms with Crippen molar-refractivity contribution in [1.82, 2.24) is 0 Å². The summed E-state index contributed by atoms with van der Waals surface area (Å²) < 4.78 is 0. The van der Waals surface area contributed by atoms with E-state index in [0.29, 0.717) is 0 Å². The summed E-state index contributed by atoms with van der Waals surface area (Å²) >= 11 is 0. The van der Waals surface area contributed by atoms with Gasteiger partial charge in [-0.05, 0) is 40.5 Å². The third-order valence-corrected chi connectivity index (χ3v) is 2.29. The normalized spacial score (nSPS) is 14.2. The van der Waals surface area contributed by atoms with Crippen LogP contribution in [0.5, 0.6) is 0 Å². The molecule has 0 spiro atoms. The van der Waals surface area contributed by atoms with Crippen LogP contribution < -0.4 is 0 Å². The molecule has 0 aliphatic rings. The van der Waals surface area contributed by atoms with Crippen LogP contribution in [0, 0.1) is 34.5 Å². The molecule has 0 aromatic rings. The van der Waals surface area contributed by atoms with E-state index >= 15 is 0 Å². The maximum Gasteiger partial charge on any atom is 0.503 e. The zero-order valence-electron chi connectivity index (χ0n) is 14.1. The Morgan fingerprint density at radius 2 is 1.00 bits per heavy atom. The molecule has 0 saturated heterocycles. The Morgan fingerprint density at radius 1 is 0.792 bits per heavy atom. The minimum atomic E-state index is -1.83. The van der Waals surface area contributed by atoms with Crippen molar-refractivity contribution in [2.24, 2.45) is 22.1 Å². The molecule has 10 nitrogen and oxygen atoms in total. The summed E-state index contributed by atoms with van der Waals surface area (Å²) in [5, 5.41) is 53.5. The van der Waals surface area contributed by atoms with Crippen molar-refractivity contribution in [2.75, 3.05) is 0 Å². The van der Waals surface area contributed by atoms with Crippen LogP contribution in [0.2, 0.25) is 0 Å². The second kappa shape index (κ2) is 16.5. The summed E-state index contributed by atoms with van der Waals surface area (Å²) in [6.07, 6.45) is -2.19. The van der Waals surface area contributed by atoms with Crippen LogP contribution in [0.4, 0.5) is 9.59 Å². The number of nitrogens with zero attached hydrogens (tertiary/aromatic N) is 4. The van der Waals surface area contributed by atoms with Gasteiger partial charge in [-0.15, -0.1) is 0 Å². The average Bonchev–Trinajstić information content (AvgIpc) is 2.43. The lowest BCUT2D eigenvalue weighted by Gasteiger charge is -2.09. The summed E-state index contributed by atoms with van der Waals surface area (Å²) in [6, 6.07) is 4.52. The lowest BCUT2D eigenvalue weighted by atomic mass is 10.1. The van der Waals surface area contributed by atoms with Crippen molar-refractivity contribution >= 4 is 12.3 Å². The second-order valence-electron chi connectivity index (χ2n) is 5.03. The minimum absolute atomic E-state index is 0.0160. The maximum absolute atomic E-state index is 8.65. The lowest BCUT2D eigenvalue weighted by molar-refractivity contribution is 0.135. The van der Waals surface area contributed by atoms with Gasteiger partial charge >= 0.3 is 12.3 Å². The minimum Gasteiger partial charge on any atom is -0.450 e. The van der Waals surface area contributed by atoms with E-state index in [1.54, 1.807) is 0 Å². The number of carbonyl (C=O) groups is 2. The van der Waals surface area contributed by atoms with Crippen LogP contribution in [0.1, 0.15) is 40.5 Å². The highest BCUT2D eigenvalue weighted by atomic mass is 16.6. The SMILES string of the molecule is CC(C#N)CC(C)N=NC(C)CC(C)C#N.O=C(O)O.O=C(O)O. The molecule has 0 heterocycles. The molecule has 0 aliphatic carbocycles. The van der Waals surface area contributed by atoms with E-state index in [9.17, 15) is 0 Å². The fourth-order valence-electron chi connectivity index (χ4n) is 1.45. The Morgan fingerprint density at radius 3 is 1.17 bits per heavy atom. The van der Waals surface area contributed by atoms with Crippen LogP contribution in [-0.4, -0.2) is 44.8 Å². The number of rotatable bonds is 6. The standard InChI is InChI=1S/C12H20N4.2CH2O3/c1-9(7-13)5-11(3)15-16-12(4)6-10(2)8-14;2*2-1(3)4/h9-12H,5-6H2,1-4H3;2*(H2,2,3,4). The summed E-state index contributed by atoms with van der Waals surface area (Å²) in [4.78, 5) is 17.1. The van der Waals surface area contributed by atoms with Crippen molar-refractivity contribution < 1.29 is 30.0 Å². The van der Waals surface area contributed by atoms with Gasteiger partial charge in [0.15, 0.2) is 0 Å². The molecule has 0 fully saturated rings. The second-order valence-corrected chi connectivity index (χ2v) is 5.03. The Bertz CT molecular complexity index is 419. The van der Waals surface area contributed by atoms with E-state index in [-0.39, 0.29) is 23.9 Å². The number of nitriles is 2. The largest absolute Gasteiger partial charge is 0.503 e. The summed E-state index contributed by atoms with van der Waals surface area (Å²) in [7, 11) is 0. The molecule has 0 saturated carbocycles. The number of hydrogen-bond donors (Lipinski definition) is 4. The van der Waals surface area contributed by atoms with E-state index in [2.05, 4.69) is 22.4 Å². The number of hydrogen-bond acceptors (Lipinski definition) is 6.